The van der Waals surface area contributed by atoms with Crippen LogP contribution in [0.15, 0.2) is 53.1 Å². The van der Waals surface area contributed by atoms with Crippen molar-refractivity contribution in [1.82, 2.24) is 14.9 Å². The highest BCUT2D eigenvalue weighted by atomic mass is 35.5. The third-order valence-electron chi connectivity index (χ3n) is 4.87. The second kappa shape index (κ2) is 9.53. The van der Waals surface area contributed by atoms with E-state index in [1.54, 1.807) is 48.7 Å². The molecule has 9 heteroatoms. The van der Waals surface area contributed by atoms with E-state index in [1.807, 2.05) is 4.57 Å². The van der Waals surface area contributed by atoms with Gasteiger partial charge in [0.15, 0.2) is 0 Å². The fourth-order valence-electron chi connectivity index (χ4n) is 3.31. The number of aromatic nitrogens is 2. The van der Waals surface area contributed by atoms with E-state index in [2.05, 4.69) is 5.32 Å². The van der Waals surface area contributed by atoms with Crippen LogP contribution in [0.5, 0.6) is 0 Å². The summed E-state index contributed by atoms with van der Waals surface area (Å²) in [5.74, 6) is 1.29. The molecule has 0 atom stereocenters. The van der Waals surface area contributed by atoms with Crippen LogP contribution in [0, 0.1) is 0 Å². The standard InChI is InChI=1S/C22H17Cl4N3O2/c23-15-4-1-5-16(24)14(15)9-21-28-19-10-17(25)18(26)11-20(19)29(21)7-6-22(30)27-12-13-3-2-8-31-13/h1-5,8,10-11H,6-7,9,12H2,(H,27,30). The van der Waals surface area contributed by atoms with Crippen molar-refractivity contribution in [3.05, 3.63) is 86.0 Å². The number of furan rings is 1. The van der Waals surface area contributed by atoms with E-state index in [9.17, 15) is 4.79 Å². The van der Waals surface area contributed by atoms with Gasteiger partial charge in [-0.15, -0.1) is 0 Å². The Bertz CT molecular complexity index is 1220. The van der Waals surface area contributed by atoms with E-state index in [1.165, 1.54) is 0 Å². The molecular weight excluding hydrogens is 480 g/mol. The number of imidazole rings is 1. The molecule has 0 bridgehead atoms. The zero-order valence-electron chi connectivity index (χ0n) is 16.2. The topological polar surface area (TPSA) is 60.1 Å². The molecule has 4 rings (SSSR count). The molecule has 1 N–H and O–H groups in total. The van der Waals surface area contributed by atoms with Gasteiger partial charge in [-0.2, -0.15) is 0 Å². The fourth-order valence-corrected chi connectivity index (χ4v) is 4.16. The molecule has 2 heterocycles. The highest BCUT2D eigenvalue weighted by Gasteiger charge is 2.17. The molecule has 2 aromatic carbocycles. The number of rotatable bonds is 7. The zero-order chi connectivity index (χ0) is 22.0. The van der Waals surface area contributed by atoms with Gasteiger partial charge in [0.05, 0.1) is 33.9 Å². The summed E-state index contributed by atoms with van der Waals surface area (Å²) in [6.07, 6.45) is 2.21. The quantitative estimate of drug-likeness (QED) is 0.316. The second-order valence-electron chi connectivity index (χ2n) is 6.92. The summed E-state index contributed by atoms with van der Waals surface area (Å²) < 4.78 is 7.19. The van der Waals surface area contributed by atoms with Crippen LogP contribution < -0.4 is 5.32 Å². The Labute approximate surface area is 198 Å². The average Bonchev–Trinajstić information content (AvgIpc) is 3.36. The number of carbonyl (C=O) groups excluding carboxylic acids is 1. The van der Waals surface area contributed by atoms with Gasteiger partial charge >= 0.3 is 0 Å². The van der Waals surface area contributed by atoms with Crippen LogP contribution in [-0.2, 0) is 24.3 Å². The molecule has 160 valence electrons. The molecule has 0 aliphatic carbocycles. The van der Waals surface area contributed by atoms with Crippen molar-refractivity contribution >= 4 is 63.3 Å². The third kappa shape index (κ3) is 5.01. The smallest absolute Gasteiger partial charge is 0.222 e. The molecule has 0 spiro atoms. The van der Waals surface area contributed by atoms with E-state index in [0.717, 1.165) is 11.1 Å². The Hall–Kier alpha value is -2.18. The van der Waals surface area contributed by atoms with Gasteiger partial charge in [-0.1, -0.05) is 52.5 Å². The summed E-state index contributed by atoms with van der Waals surface area (Å²) in [5, 5.41) is 4.79. The maximum Gasteiger partial charge on any atom is 0.222 e. The summed E-state index contributed by atoms with van der Waals surface area (Å²) >= 11 is 25.1. The molecule has 0 saturated carbocycles. The van der Waals surface area contributed by atoms with Gasteiger partial charge in [0, 0.05) is 29.4 Å². The van der Waals surface area contributed by atoms with Gasteiger partial charge in [0.1, 0.15) is 11.6 Å². The van der Waals surface area contributed by atoms with Gasteiger partial charge in [0.25, 0.3) is 0 Å². The summed E-state index contributed by atoms with van der Waals surface area (Å²) in [7, 11) is 0. The fraction of sp³-hybridized carbons (Fsp3) is 0.182. The van der Waals surface area contributed by atoms with Crippen molar-refractivity contribution in [2.45, 2.75) is 25.9 Å². The minimum atomic E-state index is -0.111. The van der Waals surface area contributed by atoms with Gasteiger partial charge in [-0.25, -0.2) is 4.98 Å². The van der Waals surface area contributed by atoms with E-state index < -0.39 is 0 Å². The van der Waals surface area contributed by atoms with Gasteiger partial charge in [0.2, 0.25) is 5.91 Å². The predicted molar refractivity (Wildman–Crippen MR) is 124 cm³/mol. The van der Waals surface area contributed by atoms with Gasteiger partial charge in [-0.05, 0) is 42.0 Å². The van der Waals surface area contributed by atoms with Crippen LogP contribution in [0.3, 0.4) is 0 Å². The lowest BCUT2D eigenvalue weighted by molar-refractivity contribution is -0.121. The molecule has 0 radical (unpaired) electrons. The first-order valence-corrected chi connectivity index (χ1v) is 11.0. The molecule has 0 saturated heterocycles. The van der Waals surface area contributed by atoms with Crippen molar-refractivity contribution in [3.8, 4) is 0 Å². The molecule has 31 heavy (non-hydrogen) atoms. The minimum Gasteiger partial charge on any atom is -0.467 e. The number of halogens is 4. The van der Waals surface area contributed by atoms with Crippen molar-refractivity contribution in [3.63, 3.8) is 0 Å². The number of aryl methyl sites for hydroxylation is 1. The van der Waals surface area contributed by atoms with Crippen LogP contribution in [0.25, 0.3) is 11.0 Å². The number of amides is 1. The number of hydrogen-bond acceptors (Lipinski definition) is 3. The molecule has 2 aromatic heterocycles. The van der Waals surface area contributed by atoms with Gasteiger partial charge in [-0.3, -0.25) is 4.79 Å². The largest absolute Gasteiger partial charge is 0.467 e. The lowest BCUT2D eigenvalue weighted by Crippen LogP contribution is -2.24. The molecular formula is C22H17Cl4N3O2. The van der Waals surface area contributed by atoms with Gasteiger partial charge < -0.3 is 14.3 Å². The van der Waals surface area contributed by atoms with E-state index >= 15 is 0 Å². The molecule has 0 unspecified atom stereocenters. The molecule has 0 fully saturated rings. The summed E-state index contributed by atoms with van der Waals surface area (Å²) in [6.45, 7) is 0.732. The second-order valence-corrected chi connectivity index (χ2v) is 8.55. The Morgan fingerprint density at radius 1 is 1.00 bits per heavy atom. The first-order chi connectivity index (χ1) is 14.9. The average molecular weight is 497 g/mol. The predicted octanol–water partition coefficient (Wildman–Crippen LogP) is 6.54. The minimum absolute atomic E-state index is 0.111. The first kappa shape index (κ1) is 22.0. The Morgan fingerprint density at radius 2 is 1.74 bits per heavy atom. The molecule has 1 amide bonds. The highest BCUT2D eigenvalue weighted by molar-refractivity contribution is 6.42. The number of fused-ring (bicyclic) bond motifs is 1. The molecule has 4 aromatic rings. The van der Waals surface area contributed by atoms with Crippen LogP contribution in [0.4, 0.5) is 0 Å². The molecule has 0 aliphatic rings. The Balaban J connectivity index is 1.61. The number of nitrogens with zero attached hydrogens (tertiary/aromatic N) is 2. The Kier molecular flexibility index (Phi) is 6.77. The number of carbonyl (C=O) groups is 1. The lowest BCUT2D eigenvalue weighted by Gasteiger charge is -2.11. The van der Waals surface area contributed by atoms with E-state index in [0.29, 0.717) is 56.7 Å². The maximum atomic E-state index is 12.4. The van der Waals surface area contributed by atoms with Crippen LogP contribution in [0.2, 0.25) is 20.1 Å². The molecule has 0 aliphatic heterocycles. The zero-order valence-corrected chi connectivity index (χ0v) is 19.2. The monoisotopic (exact) mass is 495 g/mol. The van der Waals surface area contributed by atoms with Crippen molar-refractivity contribution < 1.29 is 9.21 Å². The summed E-state index contributed by atoms with van der Waals surface area (Å²) in [4.78, 5) is 17.1. The highest BCUT2D eigenvalue weighted by Crippen LogP contribution is 2.31. The van der Waals surface area contributed by atoms with Crippen LogP contribution in [0.1, 0.15) is 23.6 Å². The third-order valence-corrected chi connectivity index (χ3v) is 6.30. The SMILES string of the molecule is O=C(CCn1c(Cc2c(Cl)cccc2Cl)nc2cc(Cl)c(Cl)cc21)NCc1ccco1. The normalized spacial score (nSPS) is 11.2. The van der Waals surface area contributed by atoms with Crippen molar-refractivity contribution in [1.29, 1.82) is 0 Å². The maximum absolute atomic E-state index is 12.4. The van der Waals surface area contributed by atoms with E-state index in [4.69, 9.17) is 55.8 Å². The number of hydrogen-bond donors (Lipinski definition) is 1. The molecule has 5 nitrogen and oxygen atoms in total. The Morgan fingerprint density at radius 3 is 2.45 bits per heavy atom. The van der Waals surface area contributed by atoms with Crippen LogP contribution in [-0.4, -0.2) is 15.5 Å². The number of benzene rings is 2. The van der Waals surface area contributed by atoms with E-state index in [-0.39, 0.29) is 12.3 Å². The number of nitrogens with one attached hydrogen (secondary N) is 1. The van der Waals surface area contributed by atoms with Crippen molar-refractivity contribution in [2.24, 2.45) is 0 Å². The first-order valence-electron chi connectivity index (χ1n) is 9.48. The summed E-state index contributed by atoms with van der Waals surface area (Å²) in [5.41, 5.74) is 2.23. The van der Waals surface area contributed by atoms with Crippen LogP contribution >= 0.6 is 46.4 Å². The lowest BCUT2D eigenvalue weighted by atomic mass is 10.1. The van der Waals surface area contributed by atoms with Crippen molar-refractivity contribution in [2.75, 3.05) is 0 Å². The summed E-state index contributed by atoms with van der Waals surface area (Å²) in [6, 6.07) is 12.4.